The minimum Gasteiger partial charge on any atom is -0.461 e. The van der Waals surface area contributed by atoms with Crippen LogP contribution >= 0.6 is 23.2 Å². The van der Waals surface area contributed by atoms with Crippen LogP contribution < -0.4 is 5.43 Å². The number of aromatic nitrogens is 1. The molecule has 1 heterocycles. The molecule has 2 aromatic rings. The number of aromatic amines is 1. The molecule has 0 spiro atoms. The van der Waals surface area contributed by atoms with Gasteiger partial charge in [0.15, 0.2) is 5.43 Å². The van der Waals surface area contributed by atoms with E-state index in [1.54, 1.807) is 13.0 Å². The summed E-state index contributed by atoms with van der Waals surface area (Å²) < 4.78 is 4.82. The smallest absolute Gasteiger partial charge is 0.354 e. The second kappa shape index (κ2) is 5.00. The lowest BCUT2D eigenvalue weighted by atomic mass is 10.2. The molecular weight excluding hydrogens is 277 g/mol. The van der Waals surface area contributed by atoms with E-state index in [1.807, 2.05) is 0 Å². The molecule has 0 atom stereocenters. The van der Waals surface area contributed by atoms with Crippen molar-refractivity contribution in [1.82, 2.24) is 4.98 Å². The molecule has 0 aliphatic heterocycles. The molecule has 0 fully saturated rings. The van der Waals surface area contributed by atoms with E-state index in [1.165, 1.54) is 6.07 Å². The molecular formula is C12H9Cl2NO3. The minimum atomic E-state index is -0.604. The highest BCUT2D eigenvalue weighted by Crippen LogP contribution is 2.26. The van der Waals surface area contributed by atoms with E-state index in [9.17, 15) is 9.59 Å². The monoisotopic (exact) mass is 285 g/mol. The summed E-state index contributed by atoms with van der Waals surface area (Å²) in [5.41, 5.74) is 0.0116. The van der Waals surface area contributed by atoms with Crippen molar-refractivity contribution in [2.75, 3.05) is 6.61 Å². The van der Waals surface area contributed by atoms with Crippen LogP contribution in [0.25, 0.3) is 10.9 Å². The highest BCUT2D eigenvalue weighted by molar-refractivity contribution is 6.39. The highest BCUT2D eigenvalue weighted by Gasteiger charge is 2.14. The molecule has 0 radical (unpaired) electrons. The first-order valence-corrected chi connectivity index (χ1v) is 5.98. The number of nitrogens with one attached hydrogen (secondary N) is 1. The van der Waals surface area contributed by atoms with Gasteiger partial charge in [0.05, 0.1) is 27.6 Å². The Morgan fingerprint density at radius 2 is 2.00 bits per heavy atom. The topological polar surface area (TPSA) is 59.2 Å². The lowest BCUT2D eigenvalue weighted by Crippen LogP contribution is -2.13. The number of pyridine rings is 1. The first-order valence-electron chi connectivity index (χ1n) is 5.22. The maximum Gasteiger partial charge on any atom is 0.354 e. The van der Waals surface area contributed by atoms with Crippen molar-refractivity contribution < 1.29 is 9.53 Å². The van der Waals surface area contributed by atoms with Gasteiger partial charge in [-0.2, -0.15) is 0 Å². The largest absolute Gasteiger partial charge is 0.461 e. The molecule has 0 aliphatic carbocycles. The summed E-state index contributed by atoms with van der Waals surface area (Å²) in [6.45, 7) is 1.91. The third kappa shape index (κ3) is 2.21. The molecule has 0 unspecified atom stereocenters. The average Bonchev–Trinajstić information content (AvgIpc) is 2.33. The predicted octanol–water partition coefficient (Wildman–Crippen LogP) is 3.01. The van der Waals surface area contributed by atoms with Crippen LogP contribution in [0.5, 0.6) is 0 Å². The molecule has 1 N–H and O–H groups in total. The summed E-state index contributed by atoms with van der Waals surface area (Å²) in [5.74, 6) is -0.604. The number of hydrogen-bond donors (Lipinski definition) is 1. The number of rotatable bonds is 2. The van der Waals surface area contributed by atoms with Crippen molar-refractivity contribution in [3.05, 3.63) is 44.2 Å². The molecule has 1 aromatic carbocycles. The zero-order valence-electron chi connectivity index (χ0n) is 9.42. The number of esters is 1. The summed E-state index contributed by atoms with van der Waals surface area (Å²) in [4.78, 5) is 26.2. The van der Waals surface area contributed by atoms with Gasteiger partial charge in [-0.05, 0) is 19.1 Å². The third-order valence-electron chi connectivity index (χ3n) is 2.38. The van der Waals surface area contributed by atoms with Crippen LogP contribution in [0.3, 0.4) is 0 Å². The maximum absolute atomic E-state index is 11.9. The van der Waals surface area contributed by atoms with Gasteiger partial charge in [-0.25, -0.2) is 4.79 Å². The fourth-order valence-electron chi connectivity index (χ4n) is 1.61. The van der Waals surface area contributed by atoms with Crippen molar-refractivity contribution in [2.45, 2.75) is 6.92 Å². The second-order valence-corrected chi connectivity index (χ2v) is 4.36. The van der Waals surface area contributed by atoms with Crippen molar-refractivity contribution in [1.29, 1.82) is 0 Å². The van der Waals surface area contributed by atoms with Crippen LogP contribution in [-0.2, 0) is 4.74 Å². The van der Waals surface area contributed by atoms with E-state index in [-0.39, 0.29) is 28.1 Å². The van der Waals surface area contributed by atoms with E-state index >= 15 is 0 Å². The molecule has 2 rings (SSSR count). The van der Waals surface area contributed by atoms with E-state index in [4.69, 9.17) is 27.9 Å². The Hall–Kier alpha value is -1.52. The van der Waals surface area contributed by atoms with Crippen molar-refractivity contribution in [3.8, 4) is 0 Å². The first-order chi connectivity index (χ1) is 8.54. The lowest BCUT2D eigenvalue weighted by Gasteiger charge is -2.06. The third-order valence-corrected chi connectivity index (χ3v) is 3.01. The zero-order chi connectivity index (χ0) is 13.3. The predicted molar refractivity (Wildman–Crippen MR) is 70.5 cm³/mol. The lowest BCUT2D eigenvalue weighted by molar-refractivity contribution is 0.0520. The number of benzene rings is 1. The van der Waals surface area contributed by atoms with Crippen LogP contribution in [0.2, 0.25) is 10.0 Å². The van der Waals surface area contributed by atoms with Crippen LogP contribution in [-0.4, -0.2) is 17.6 Å². The van der Waals surface area contributed by atoms with Crippen LogP contribution in [0, 0.1) is 0 Å². The summed E-state index contributed by atoms with van der Waals surface area (Å²) in [6.07, 6.45) is 0. The number of hydrogen-bond acceptors (Lipinski definition) is 3. The molecule has 0 aliphatic rings. The Morgan fingerprint density at radius 1 is 1.33 bits per heavy atom. The van der Waals surface area contributed by atoms with Gasteiger partial charge in [-0.3, -0.25) is 4.79 Å². The van der Waals surface area contributed by atoms with Gasteiger partial charge >= 0.3 is 5.97 Å². The standard InChI is InChI=1S/C12H9Cl2NO3/c1-2-18-12(17)8-5-9(16)10-6(13)3-4-7(14)11(10)15-8/h3-5H,2H2,1H3,(H,15,16). The number of H-pyrrole nitrogens is 1. The minimum absolute atomic E-state index is 0.0542. The molecule has 0 saturated carbocycles. The first kappa shape index (κ1) is 12.9. The normalized spacial score (nSPS) is 10.6. The summed E-state index contributed by atoms with van der Waals surface area (Å²) in [6, 6.07) is 4.24. The Balaban J connectivity index is 2.73. The van der Waals surface area contributed by atoms with Gasteiger partial charge in [0.25, 0.3) is 0 Å². The Bertz CT molecular complexity index is 679. The molecule has 94 valence electrons. The molecule has 0 bridgehead atoms. The number of carbonyl (C=O) groups is 1. The van der Waals surface area contributed by atoms with Gasteiger partial charge in [0.2, 0.25) is 0 Å². The number of carbonyl (C=O) groups excluding carboxylic acids is 1. The highest BCUT2D eigenvalue weighted by atomic mass is 35.5. The fourth-order valence-corrected chi connectivity index (χ4v) is 2.06. The average molecular weight is 286 g/mol. The van der Waals surface area contributed by atoms with Gasteiger partial charge < -0.3 is 9.72 Å². The summed E-state index contributed by atoms with van der Waals surface area (Å²) in [5, 5.41) is 0.862. The van der Waals surface area contributed by atoms with Crippen LogP contribution in [0.4, 0.5) is 0 Å². The number of ether oxygens (including phenoxy) is 1. The van der Waals surface area contributed by atoms with E-state index in [0.29, 0.717) is 10.5 Å². The van der Waals surface area contributed by atoms with Crippen LogP contribution in [0.1, 0.15) is 17.4 Å². The van der Waals surface area contributed by atoms with Crippen LogP contribution in [0.15, 0.2) is 23.0 Å². The summed E-state index contributed by atoms with van der Waals surface area (Å²) >= 11 is 11.9. The fraction of sp³-hybridized carbons (Fsp3) is 0.167. The Morgan fingerprint density at radius 3 is 2.67 bits per heavy atom. The number of fused-ring (bicyclic) bond motifs is 1. The maximum atomic E-state index is 11.9. The van der Waals surface area contributed by atoms with Crippen molar-refractivity contribution >= 4 is 40.1 Å². The quantitative estimate of drug-likeness (QED) is 0.863. The molecule has 1 aromatic heterocycles. The Kier molecular flexibility index (Phi) is 3.59. The van der Waals surface area contributed by atoms with Gasteiger partial charge in [0, 0.05) is 6.07 Å². The van der Waals surface area contributed by atoms with Crippen molar-refractivity contribution in [2.24, 2.45) is 0 Å². The summed E-state index contributed by atoms with van der Waals surface area (Å²) in [7, 11) is 0. The van der Waals surface area contributed by atoms with Crippen molar-refractivity contribution in [3.63, 3.8) is 0 Å². The molecule has 0 amide bonds. The molecule has 0 saturated heterocycles. The second-order valence-electron chi connectivity index (χ2n) is 3.55. The zero-order valence-corrected chi connectivity index (χ0v) is 10.9. The van der Waals surface area contributed by atoms with Gasteiger partial charge in [0.1, 0.15) is 5.69 Å². The SMILES string of the molecule is CCOC(=O)c1cc(=O)c2c(Cl)ccc(Cl)c2[nH]1. The van der Waals surface area contributed by atoms with Gasteiger partial charge in [-0.15, -0.1) is 0 Å². The molecule has 4 nitrogen and oxygen atoms in total. The number of halogens is 2. The molecule has 6 heteroatoms. The van der Waals surface area contributed by atoms with E-state index in [0.717, 1.165) is 6.07 Å². The van der Waals surface area contributed by atoms with Gasteiger partial charge in [-0.1, -0.05) is 23.2 Å². The van der Waals surface area contributed by atoms with E-state index in [2.05, 4.69) is 4.98 Å². The van der Waals surface area contributed by atoms with E-state index < -0.39 is 5.97 Å². The molecule has 18 heavy (non-hydrogen) atoms. The Labute approximate surface area is 112 Å².